The van der Waals surface area contributed by atoms with E-state index in [0.29, 0.717) is 45.5 Å². The second-order valence-electron chi connectivity index (χ2n) is 7.04. The van der Waals surface area contributed by atoms with E-state index in [2.05, 4.69) is 25.5 Å². The van der Waals surface area contributed by atoms with E-state index in [9.17, 15) is 4.79 Å². The van der Waals surface area contributed by atoms with Crippen LogP contribution in [-0.2, 0) is 0 Å². The van der Waals surface area contributed by atoms with Crippen LogP contribution in [0.3, 0.4) is 0 Å². The maximum atomic E-state index is 11.1. The van der Waals surface area contributed by atoms with Gasteiger partial charge in [-0.2, -0.15) is 10.1 Å². The molecule has 2 heterocycles. The Labute approximate surface area is 183 Å². The van der Waals surface area contributed by atoms with Crippen LogP contribution in [0.5, 0.6) is 11.5 Å². The number of hydrogen-bond acceptors (Lipinski definition) is 7. The predicted molar refractivity (Wildman–Crippen MR) is 123 cm³/mol. The van der Waals surface area contributed by atoms with E-state index < -0.39 is 0 Å². The molecule has 0 aliphatic carbocycles. The normalized spacial score (nSPS) is 10.8. The van der Waals surface area contributed by atoms with Gasteiger partial charge in [0.05, 0.1) is 11.1 Å². The number of benzene rings is 3. The summed E-state index contributed by atoms with van der Waals surface area (Å²) >= 11 is 0. The molecular weight excluding hydrogens is 404 g/mol. The summed E-state index contributed by atoms with van der Waals surface area (Å²) in [6, 6.07) is 24.2. The second kappa shape index (κ2) is 8.19. The molecule has 0 aliphatic heterocycles. The van der Waals surface area contributed by atoms with Crippen molar-refractivity contribution in [3.63, 3.8) is 0 Å². The van der Waals surface area contributed by atoms with Gasteiger partial charge >= 0.3 is 0 Å². The number of H-pyrrole nitrogens is 1. The molecule has 0 fully saturated rings. The van der Waals surface area contributed by atoms with Crippen LogP contribution in [0, 0.1) is 0 Å². The summed E-state index contributed by atoms with van der Waals surface area (Å²) in [7, 11) is 0. The standard InChI is InChI=1S/C24H18N6O2/c25-22-20-21(16-9-11-19(12-10-16)32-18-7-2-1-3-8-18)27-24(28-23(20)30-29-22)26-17-6-4-5-15(13-17)14-31/h1-14H,(H4,25,26,27,28,29,30). The third-order valence-electron chi connectivity index (χ3n) is 4.83. The minimum Gasteiger partial charge on any atom is -0.457 e. The number of fused-ring (bicyclic) bond motifs is 1. The summed E-state index contributed by atoms with van der Waals surface area (Å²) in [6.45, 7) is 0. The second-order valence-corrected chi connectivity index (χ2v) is 7.04. The first kappa shape index (κ1) is 19.3. The molecule has 0 amide bonds. The van der Waals surface area contributed by atoms with Crippen LogP contribution in [0.4, 0.5) is 17.5 Å². The van der Waals surface area contributed by atoms with Crippen LogP contribution in [0.2, 0.25) is 0 Å². The number of hydrogen-bond donors (Lipinski definition) is 3. The maximum Gasteiger partial charge on any atom is 0.229 e. The molecule has 0 unspecified atom stereocenters. The predicted octanol–water partition coefficient (Wildman–Crippen LogP) is 4.95. The number of nitrogens with one attached hydrogen (secondary N) is 2. The number of aromatic nitrogens is 4. The SMILES string of the molecule is Nc1n[nH]c2nc(Nc3cccc(C=O)c3)nc(-c3ccc(Oc4ccccc4)cc3)c12. The first-order valence-electron chi connectivity index (χ1n) is 9.87. The van der Waals surface area contributed by atoms with Crippen molar-refractivity contribution in [1.82, 2.24) is 20.2 Å². The zero-order chi connectivity index (χ0) is 21.9. The molecule has 5 aromatic rings. The maximum absolute atomic E-state index is 11.1. The van der Waals surface area contributed by atoms with Gasteiger partial charge < -0.3 is 15.8 Å². The topological polar surface area (TPSA) is 119 Å². The number of nitrogens with zero attached hydrogens (tertiary/aromatic N) is 3. The Balaban J connectivity index is 1.51. The van der Waals surface area contributed by atoms with E-state index in [4.69, 9.17) is 10.5 Å². The summed E-state index contributed by atoms with van der Waals surface area (Å²) < 4.78 is 5.87. The summed E-state index contributed by atoms with van der Waals surface area (Å²) in [5.74, 6) is 2.13. The number of carbonyl (C=O) groups excluding carboxylic acids is 1. The average molecular weight is 422 g/mol. The molecule has 3 aromatic carbocycles. The largest absolute Gasteiger partial charge is 0.457 e. The molecule has 0 aliphatic rings. The zero-order valence-corrected chi connectivity index (χ0v) is 16.8. The summed E-state index contributed by atoms with van der Waals surface area (Å²) in [4.78, 5) is 20.2. The van der Waals surface area contributed by atoms with Crippen molar-refractivity contribution in [3.8, 4) is 22.8 Å². The Morgan fingerprint density at radius 1 is 0.906 bits per heavy atom. The monoisotopic (exact) mass is 422 g/mol. The summed E-state index contributed by atoms with van der Waals surface area (Å²) in [6.07, 6.45) is 0.787. The number of nitrogens with two attached hydrogens (primary N) is 1. The molecule has 156 valence electrons. The zero-order valence-electron chi connectivity index (χ0n) is 16.8. The van der Waals surface area contributed by atoms with Gasteiger partial charge in [-0.15, -0.1) is 0 Å². The highest BCUT2D eigenvalue weighted by molar-refractivity contribution is 5.98. The Bertz CT molecular complexity index is 1400. The average Bonchev–Trinajstić information content (AvgIpc) is 3.20. The lowest BCUT2D eigenvalue weighted by molar-refractivity contribution is 0.112. The van der Waals surface area contributed by atoms with Crippen LogP contribution in [0.15, 0.2) is 78.9 Å². The van der Waals surface area contributed by atoms with E-state index in [0.717, 1.165) is 17.6 Å². The van der Waals surface area contributed by atoms with E-state index in [1.165, 1.54) is 0 Å². The van der Waals surface area contributed by atoms with Crippen molar-refractivity contribution >= 4 is 34.8 Å². The van der Waals surface area contributed by atoms with Gasteiger partial charge in [-0.05, 0) is 48.5 Å². The number of nitrogen functional groups attached to an aromatic ring is 1. The molecule has 8 nitrogen and oxygen atoms in total. The highest BCUT2D eigenvalue weighted by Gasteiger charge is 2.16. The van der Waals surface area contributed by atoms with E-state index >= 15 is 0 Å². The fourth-order valence-corrected chi connectivity index (χ4v) is 3.34. The van der Waals surface area contributed by atoms with Gasteiger partial charge in [-0.3, -0.25) is 9.89 Å². The lowest BCUT2D eigenvalue weighted by Crippen LogP contribution is -2.00. The number of anilines is 3. The highest BCUT2D eigenvalue weighted by atomic mass is 16.5. The molecule has 0 radical (unpaired) electrons. The van der Waals surface area contributed by atoms with Gasteiger partial charge in [0, 0.05) is 16.8 Å². The van der Waals surface area contributed by atoms with Crippen LogP contribution < -0.4 is 15.8 Å². The quantitative estimate of drug-likeness (QED) is 0.331. The van der Waals surface area contributed by atoms with Gasteiger partial charge in [-0.1, -0.05) is 30.3 Å². The Morgan fingerprint density at radius 3 is 2.47 bits per heavy atom. The third-order valence-corrected chi connectivity index (χ3v) is 4.83. The summed E-state index contributed by atoms with van der Waals surface area (Å²) in [5, 5.41) is 10.7. The van der Waals surface area contributed by atoms with Crippen molar-refractivity contribution in [2.75, 3.05) is 11.1 Å². The van der Waals surface area contributed by atoms with Gasteiger partial charge in [-0.25, -0.2) is 4.98 Å². The lowest BCUT2D eigenvalue weighted by atomic mass is 10.1. The molecule has 0 saturated carbocycles. The number of aldehydes is 1. The number of aromatic amines is 1. The highest BCUT2D eigenvalue weighted by Crippen LogP contribution is 2.32. The van der Waals surface area contributed by atoms with Crippen LogP contribution >= 0.6 is 0 Å². The van der Waals surface area contributed by atoms with Gasteiger partial charge in [0.15, 0.2) is 11.5 Å². The Morgan fingerprint density at radius 2 is 1.69 bits per heavy atom. The molecular formula is C24H18N6O2. The molecule has 8 heteroatoms. The first-order chi connectivity index (χ1) is 15.7. The van der Waals surface area contributed by atoms with Gasteiger partial charge in [0.2, 0.25) is 5.95 Å². The van der Waals surface area contributed by atoms with Crippen molar-refractivity contribution in [2.45, 2.75) is 0 Å². The number of para-hydroxylation sites is 1. The molecule has 5 rings (SSSR count). The van der Waals surface area contributed by atoms with Crippen molar-refractivity contribution in [3.05, 3.63) is 84.4 Å². The molecule has 32 heavy (non-hydrogen) atoms. The minimum absolute atomic E-state index is 0.314. The van der Waals surface area contributed by atoms with Gasteiger partial charge in [0.25, 0.3) is 0 Å². The fraction of sp³-hybridized carbons (Fsp3) is 0. The van der Waals surface area contributed by atoms with Crippen LogP contribution in [-0.4, -0.2) is 26.5 Å². The first-order valence-corrected chi connectivity index (χ1v) is 9.87. The number of rotatable bonds is 6. The third kappa shape index (κ3) is 3.84. The smallest absolute Gasteiger partial charge is 0.229 e. The van der Waals surface area contributed by atoms with Crippen molar-refractivity contribution in [1.29, 1.82) is 0 Å². The van der Waals surface area contributed by atoms with Crippen LogP contribution in [0.1, 0.15) is 10.4 Å². The number of ether oxygens (including phenoxy) is 1. The van der Waals surface area contributed by atoms with E-state index in [1.807, 2.05) is 60.7 Å². The van der Waals surface area contributed by atoms with Crippen molar-refractivity contribution in [2.24, 2.45) is 0 Å². The molecule has 0 bridgehead atoms. The minimum atomic E-state index is 0.314. The number of carbonyl (C=O) groups is 1. The molecule has 0 saturated heterocycles. The Hall–Kier alpha value is -4.72. The lowest BCUT2D eigenvalue weighted by Gasteiger charge is -2.10. The summed E-state index contributed by atoms with van der Waals surface area (Å²) in [5.41, 5.74) is 9.29. The Kier molecular flexibility index (Phi) is 4.93. The van der Waals surface area contributed by atoms with E-state index in [-0.39, 0.29) is 0 Å². The molecule has 0 atom stereocenters. The molecule has 4 N–H and O–H groups in total. The van der Waals surface area contributed by atoms with Crippen LogP contribution in [0.25, 0.3) is 22.3 Å². The van der Waals surface area contributed by atoms with Gasteiger partial charge in [0.1, 0.15) is 17.8 Å². The van der Waals surface area contributed by atoms with Crippen molar-refractivity contribution < 1.29 is 9.53 Å². The molecule has 2 aromatic heterocycles. The van der Waals surface area contributed by atoms with E-state index in [1.54, 1.807) is 18.2 Å². The molecule has 0 spiro atoms. The fourth-order valence-electron chi connectivity index (χ4n) is 3.34.